The van der Waals surface area contributed by atoms with Crippen molar-refractivity contribution in [2.24, 2.45) is 0 Å². The van der Waals surface area contributed by atoms with Gasteiger partial charge in [-0.05, 0) is 54.7 Å². The minimum Gasteiger partial charge on any atom is -0.495 e. The third kappa shape index (κ3) is 5.14. The van der Waals surface area contributed by atoms with Gasteiger partial charge < -0.3 is 9.47 Å². The van der Waals surface area contributed by atoms with Gasteiger partial charge in [-0.1, -0.05) is 18.2 Å². The molecule has 0 atom stereocenters. The summed E-state index contributed by atoms with van der Waals surface area (Å²) in [6, 6.07) is 13.7. The number of amides is 1. The van der Waals surface area contributed by atoms with E-state index in [0.29, 0.717) is 22.3 Å². The highest BCUT2D eigenvalue weighted by molar-refractivity contribution is 8.00. The third-order valence-corrected chi connectivity index (χ3v) is 7.02. The maximum atomic E-state index is 12.3. The molecule has 0 spiro atoms. The number of methoxy groups -OCH3 is 1. The van der Waals surface area contributed by atoms with Crippen LogP contribution in [0.5, 0.6) is 5.75 Å². The SMILES string of the molecule is COc1ccccc1N(C(C)=O)c1nc(COC(=O)CSc2ccc3c(c2)CCC3)cs1. The van der Waals surface area contributed by atoms with E-state index in [9.17, 15) is 9.59 Å². The summed E-state index contributed by atoms with van der Waals surface area (Å²) in [5, 5.41) is 2.29. The second kappa shape index (κ2) is 10.2. The largest absolute Gasteiger partial charge is 0.495 e. The number of aromatic nitrogens is 1. The minimum atomic E-state index is -0.293. The molecule has 8 heteroatoms. The molecule has 1 aromatic heterocycles. The summed E-state index contributed by atoms with van der Waals surface area (Å²) >= 11 is 2.80. The quantitative estimate of drug-likeness (QED) is 0.336. The zero-order valence-corrected chi connectivity index (χ0v) is 19.6. The Morgan fingerprint density at radius 2 is 1.97 bits per heavy atom. The highest BCUT2D eigenvalue weighted by Gasteiger charge is 2.21. The Balaban J connectivity index is 1.35. The number of esters is 1. The monoisotopic (exact) mass is 468 g/mol. The van der Waals surface area contributed by atoms with Crippen LogP contribution in [0.15, 0.2) is 52.7 Å². The highest BCUT2D eigenvalue weighted by atomic mass is 32.2. The second-order valence-electron chi connectivity index (χ2n) is 7.38. The van der Waals surface area contributed by atoms with Crippen LogP contribution in [0.4, 0.5) is 10.8 Å². The smallest absolute Gasteiger partial charge is 0.316 e. The van der Waals surface area contributed by atoms with Crippen molar-refractivity contribution >= 4 is 45.8 Å². The second-order valence-corrected chi connectivity index (χ2v) is 9.27. The van der Waals surface area contributed by atoms with Gasteiger partial charge in [0.2, 0.25) is 5.91 Å². The predicted octanol–water partition coefficient (Wildman–Crippen LogP) is 5.16. The Bertz CT molecular complexity index is 1130. The third-order valence-electron chi connectivity index (χ3n) is 5.18. The molecule has 0 N–H and O–H groups in total. The van der Waals surface area contributed by atoms with E-state index in [-0.39, 0.29) is 24.2 Å². The molecular weight excluding hydrogens is 444 g/mol. The summed E-state index contributed by atoms with van der Waals surface area (Å²) in [6.07, 6.45) is 3.47. The van der Waals surface area contributed by atoms with Crippen molar-refractivity contribution in [3.63, 3.8) is 0 Å². The standard InChI is InChI=1S/C24H24N2O4S2/c1-16(27)26(21-8-3-4-9-22(21)29-2)24-25-19(14-32-24)13-30-23(28)15-31-20-11-10-17-6-5-7-18(17)12-20/h3-4,8-12,14H,5-7,13,15H2,1-2H3. The number of ether oxygens (including phenoxy) is 2. The molecule has 32 heavy (non-hydrogen) atoms. The van der Waals surface area contributed by atoms with Gasteiger partial charge in [0.05, 0.1) is 24.2 Å². The Hall–Kier alpha value is -2.84. The number of fused-ring (bicyclic) bond motifs is 1. The fraction of sp³-hybridized carbons (Fsp3) is 0.292. The van der Waals surface area contributed by atoms with E-state index < -0.39 is 0 Å². The minimum absolute atomic E-state index is 0.0672. The lowest BCUT2D eigenvalue weighted by Crippen LogP contribution is -2.23. The van der Waals surface area contributed by atoms with Gasteiger partial charge in [-0.25, -0.2) is 4.98 Å². The van der Waals surface area contributed by atoms with Crippen LogP contribution in [0.2, 0.25) is 0 Å². The Labute approximate surface area is 195 Å². The number of para-hydroxylation sites is 2. The molecule has 0 radical (unpaired) electrons. The Morgan fingerprint density at radius 1 is 1.16 bits per heavy atom. The van der Waals surface area contributed by atoms with Gasteiger partial charge in [0.1, 0.15) is 12.4 Å². The molecule has 4 rings (SSSR count). The van der Waals surface area contributed by atoms with Gasteiger partial charge in [0, 0.05) is 17.2 Å². The van der Waals surface area contributed by atoms with E-state index in [4.69, 9.17) is 9.47 Å². The number of rotatable bonds is 8. The number of benzene rings is 2. The van der Waals surface area contributed by atoms with Crippen molar-refractivity contribution in [2.75, 3.05) is 17.8 Å². The fourth-order valence-electron chi connectivity index (χ4n) is 3.66. The molecule has 0 saturated heterocycles. The predicted molar refractivity (Wildman–Crippen MR) is 127 cm³/mol. The molecule has 1 aliphatic rings. The summed E-state index contributed by atoms with van der Waals surface area (Å²) in [5.41, 5.74) is 4.03. The molecule has 0 bridgehead atoms. The molecule has 0 aliphatic heterocycles. The molecule has 6 nitrogen and oxygen atoms in total. The van der Waals surface area contributed by atoms with Crippen LogP contribution in [0.1, 0.15) is 30.2 Å². The number of hydrogen-bond acceptors (Lipinski definition) is 7. The van der Waals surface area contributed by atoms with Crippen LogP contribution in [0.3, 0.4) is 0 Å². The number of thiazole rings is 1. The molecular formula is C24H24N2O4S2. The molecule has 3 aromatic rings. The first-order valence-electron chi connectivity index (χ1n) is 10.3. The first-order chi connectivity index (χ1) is 15.5. The van der Waals surface area contributed by atoms with Gasteiger partial charge >= 0.3 is 5.97 Å². The van der Waals surface area contributed by atoms with Crippen LogP contribution in [0.25, 0.3) is 0 Å². The lowest BCUT2D eigenvalue weighted by atomic mass is 10.1. The summed E-state index contributed by atoms with van der Waals surface area (Å²) in [6.45, 7) is 1.54. The van der Waals surface area contributed by atoms with Crippen LogP contribution in [-0.4, -0.2) is 29.7 Å². The summed E-state index contributed by atoms with van der Waals surface area (Å²) in [5.74, 6) is 0.349. The number of thioether (sulfide) groups is 1. The first kappa shape index (κ1) is 22.4. The molecule has 0 saturated carbocycles. The number of hydrogen-bond donors (Lipinski definition) is 0. The number of aryl methyl sites for hydroxylation is 2. The van der Waals surface area contributed by atoms with E-state index in [0.717, 1.165) is 17.7 Å². The van der Waals surface area contributed by atoms with Crippen LogP contribution in [0, 0.1) is 0 Å². The average Bonchev–Trinajstić information content (AvgIpc) is 3.45. The molecule has 2 aromatic carbocycles. The molecule has 0 fully saturated rings. The normalized spacial score (nSPS) is 12.3. The lowest BCUT2D eigenvalue weighted by molar-refractivity contribution is -0.141. The molecule has 1 heterocycles. The van der Waals surface area contributed by atoms with Gasteiger partial charge in [-0.2, -0.15) is 0 Å². The van der Waals surface area contributed by atoms with Gasteiger partial charge in [0.15, 0.2) is 5.13 Å². The van der Waals surface area contributed by atoms with Crippen LogP contribution in [-0.2, 0) is 33.8 Å². The molecule has 1 aliphatic carbocycles. The Morgan fingerprint density at radius 3 is 2.78 bits per heavy atom. The zero-order chi connectivity index (χ0) is 22.5. The van der Waals surface area contributed by atoms with Crippen molar-refractivity contribution < 1.29 is 19.1 Å². The fourth-order valence-corrected chi connectivity index (χ4v) is 5.29. The summed E-state index contributed by atoms with van der Waals surface area (Å²) in [7, 11) is 1.56. The van der Waals surface area contributed by atoms with E-state index in [1.165, 1.54) is 52.5 Å². The number of carbonyl (C=O) groups is 2. The first-order valence-corrected chi connectivity index (χ1v) is 12.2. The van der Waals surface area contributed by atoms with Crippen molar-refractivity contribution in [3.05, 3.63) is 64.7 Å². The van der Waals surface area contributed by atoms with Crippen molar-refractivity contribution in [3.8, 4) is 5.75 Å². The van der Waals surface area contributed by atoms with Crippen molar-refractivity contribution in [1.82, 2.24) is 4.98 Å². The summed E-state index contributed by atoms with van der Waals surface area (Å²) < 4.78 is 10.8. The summed E-state index contributed by atoms with van der Waals surface area (Å²) in [4.78, 5) is 31.6. The topological polar surface area (TPSA) is 68.7 Å². The van der Waals surface area contributed by atoms with Crippen LogP contribution >= 0.6 is 23.1 Å². The van der Waals surface area contributed by atoms with E-state index in [2.05, 4.69) is 23.2 Å². The van der Waals surface area contributed by atoms with E-state index in [1.54, 1.807) is 24.6 Å². The maximum absolute atomic E-state index is 12.3. The van der Waals surface area contributed by atoms with E-state index >= 15 is 0 Å². The molecule has 1 amide bonds. The van der Waals surface area contributed by atoms with Gasteiger partial charge in [-0.3, -0.25) is 14.5 Å². The maximum Gasteiger partial charge on any atom is 0.316 e. The van der Waals surface area contributed by atoms with Crippen LogP contribution < -0.4 is 9.64 Å². The number of carbonyl (C=O) groups excluding carboxylic acids is 2. The van der Waals surface area contributed by atoms with E-state index in [1.807, 2.05) is 12.1 Å². The average molecular weight is 469 g/mol. The number of anilines is 2. The highest BCUT2D eigenvalue weighted by Crippen LogP contribution is 2.35. The zero-order valence-electron chi connectivity index (χ0n) is 18.0. The van der Waals surface area contributed by atoms with Gasteiger partial charge in [-0.15, -0.1) is 23.1 Å². The van der Waals surface area contributed by atoms with Crippen molar-refractivity contribution in [2.45, 2.75) is 37.7 Å². The lowest BCUT2D eigenvalue weighted by Gasteiger charge is -2.20. The van der Waals surface area contributed by atoms with Crippen molar-refractivity contribution in [1.29, 1.82) is 0 Å². The number of nitrogens with zero attached hydrogens (tertiary/aromatic N) is 2. The molecule has 166 valence electrons. The molecule has 0 unspecified atom stereocenters. The Kier molecular flexibility index (Phi) is 7.12. The van der Waals surface area contributed by atoms with Gasteiger partial charge in [0.25, 0.3) is 0 Å².